The van der Waals surface area contributed by atoms with E-state index in [4.69, 9.17) is 9.47 Å². The van der Waals surface area contributed by atoms with Crippen molar-refractivity contribution in [1.29, 1.82) is 5.26 Å². The summed E-state index contributed by atoms with van der Waals surface area (Å²) in [7, 11) is 1.60. The maximum atomic E-state index is 12.1. The number of nitrogens with one attached hydrogen (secondary N) is 1. The summed E-state index contributed by atoms with van der Waals surface area (Å²) in [4.78, 5) is 12.1. The number of nitrogens with zero attached hydrogens (tertiary/aromatic N) is 1. The van der Waals surface area contributed by atoms with Gasteiger partial charge in [0.15, 0.2) is 0 Å². The van der Waals surface area contributed by atoms with Crippen LogP contribution in [0.5, 0.6) is 11.5 Å². The molecular formula is C23H26N2O3. The number of methoxy groups -OCH3 is 1. The van der Waals surface area contributed by atoms with Crippen LogP contribution < -0.4 is 14.8 Å². The van der Waals surface area contributed by atoms with E-state index in [-0.39, 0.29) is 11.5 Å². The number of ether oxygens (including phenoxy) is 2. The van der Waals surface area contributed by atoms with E-state index >= 15 is 0 Å². The molecule has 0 saturated heterocycles. The average molecular weight is 378 g/mol. The van der Waals surface area contributed by atoms with Crippen molar-refractivity contribution >= 4 is 12.0 Å². The first kappa shape index (κ1) is 21.0. The van der Waals surface area contributed by atoms with Gasteiger partial charge in [-0.25, -0.2) is 0 Å². The minimum absolute atomic E-state index is 0.0697. The second-order valence-electron chi connectivity index (χ2n) is 6.51. The number of carbonyl (C=O) groups excluding carboxylic acids is 1. The third kappa shape index (κ3) is 5.37. The van der Waals surface area contributed by atoms with Crippen LogP contribution in [-0.4, -0.2) is 19.6 Å². The summed E-state index contributed by atoms with van der Waals surface area (Å²) in [6.07, 6.45) is 2.39. The largest absolute Gasteiger partial charge is 0.496 e. The van der Waals surface area contributed by atoms with Gasteiger partial charge in [0.2, 0.25) is 0 Å². The van der Waals surface area contributed by atoms with Crippen molar-refractivity contribution in [2.45, 2.75) is 33.8 Å². The molecule has 2 rings (SSSR count). The summed E-state index contributed by atoms with van der Waals surface area (Å²) in [6.45, 7) is 6.83. The number of para-hydroxylation sites is 1. The van der Waals surface area contributed by atoms with E-state index in [0.29, 0.717) is 18.9 Å². The van der Waals surface area contributed by atoms with Crippen LogP contribution in [0.3, 0.4) is 0 Å². The monoisotopic (exact) mass is 378 g/mol. The van der Waals surface area contributed by atoms with Crippen LogP contribution >= 0.6 is 0 Å². The molecule has 5 heteroatoms. The van der Waals surface area contributed by atoms with E-state index in [0.717, 1.165) is 34.4 Å². The standard InChI is InChI=1S/C23H26N2O3/c1-5-11-25-23(26)19(14-24)12-18-9-10-21(27-4)20(13-18)15-28-22-16(2)7-6-8-17(22)3/h6-10,12-13H,5,11,15H2,1-4H3,(H,25,26). The van der Waals surface area contributed by atoms with Crippen molar-refractivity contribution in [3.63, 3.8) is 0 Å². The van der Waals surface area contributed by atoms with E-state index in [1.165, 1.54) is 0 Å². The predicted octanol–water partition coefficient (Wildman–Crippen LogP) is 4.32. The number of rotatable bonds is 8. The lowest BCUT2D eigenvalue weighted by Gasteiger charge is -2.14. The smallest absolute Gasteiger partial charge is 0.261 e. The molecule has 5 nitrogen and oxygen atoms in total. The summed E-state index contributed by atoms with van der Waals surface area (Å²) in [5.74, 6) is 1.17. The topological polar surface area (TPSA) is 71.4 Å². The Labute approximate surface area is 166 Å². The van der Waals surface area contributed by atoms with Crippen LogP contribution in [0, 0.1) is 25.2 Å². The number of amides is 1. The molecule has 0 saturated carbocycles. The maximum Gasteiger partial charge on any atom is 0.261 e. The number of hydrogen-bond donors (Lipinski definition) is 1. The molecule has 2 aromatic rings. The first-order chi connectivity index (χ1) is 13.5. The highest BCUT2D eigenvalue weighted by atomic mass is 16.5. The molecule has 28 heavy (non-hydrogen) atoms. The Morgan fingerprint density at radius 3 is 2.54 bits per heavy atom. The fraction of sp³-hybridized carbons (Fsp3) is 0.304. The van der Waals surface area contributed by atoms with Crippen LogP contribution in [0.1, 0.15) is 35.6 Å². The van der Waals surface area contributed by atoms with Gasteiger partial charge in [-0.2, -0.15) is 5.26 Å². The van der Waals surface area contributed by atoms with Crippen molar-refractivity contribution in [2.75, 3.05) is 13.7 Å². The molecule has 1 amide bonds. The summed E-state index contributed by atoms with van der Waals surface area (Å²) >= 11 is 0. The summed E-state index contributed by atoms with van der Waals surface area (Å²) < 4.78 is 11.5. The van der Waals surface area contributed by atoms with Gasteiger partial charge >= 0.3 is 0 Å². The molecule has 0 fully saturated rings. The second-order valence-corrected chi connectivity index (χ2v) is 6.51. The molecule has 0 atom stereocenters. The predicted molar refractivity (Wildman–Crippen MR) is 110 cm³/mol. The summed E-state index contributed by atoms with van der Waals surface area (Å²) in [5, 5.41) is 12.0. The summed E-state index contributed by atoms with van der Waals surface area (Å²) in [6, 6.07) is 13.5. The van der Waals surface area contributed by atoms with Crippen molar-refractivity contribution < 1.29 is 14.3 Å². The number of nitriles is 1. The van der Waals surface area contributed by atoms with Gasteiger partial charge in [-0.15, -0.1) is 0 Å². The minimum atomic E-state index is -0.367. The fourth-order valence-corrected chi connectivity index (χ4v) is 2.83. The van der Waals surface area contributed by atoms with Crippen LogP contribution in [0.4, 0.5) is 0 Å². The third-order valence-corrected chi connectivity index (χ3v) is 4.30. The zero-order valence-electron chi connectivity index (χ0n) is 16.8. The van der Waals surface area contributed by atoms with Crippen LogP contribution in [0.15, 0.2) is 42.0 Å². The van der Waals surface area contributed by atoms with E-state index in [1.54, 1.807) is 13.2 Å². The Morgan fingerprint density at radius 2 is 1.93 bits per heavy atom. The Kier molecular flexibility index (Phi) is 7.65. The van der Waals surface area contributed by atoms with Gasteiger partial charge in [0.1, 0.15) is 29.7 Å². The van der Waals surface area contributed by atoms with Crippen molar-refractivity contribution in [2.24, 2.45) is 0 Å². The lowest BCUT2D eigenvalue weighted by Crippen LogP contribution is -2.25. The second kappa shape index (κ2) is 10.2. The molecular weight excluding hydrogens is 352 g/mol. The van der Waals surface area contributed by atoms with Crippen LogP contribution in [0.2, 0.25) is 0 Å². The Hall–Kier alpha value is -3.26. The molecule has 1 N–H and O–H groups in total. The molecule has 146 valence electrons. The van der Waals surface area contributed by atoms with Crippen molar-refractivity contribution in [1.82, 2.24) is 5.32 Å². The maximum absolute atomic E-state index is 12.1. The van der Waals surface area contributed by atoms with Crippen LogP contribution in [-0.2, 0) is 11.4 Å². The highest BCUT2D eigenvalue weighted by molar-refractivity contribution is 6.01. The lowest BCUT2D eigenvalue weighted by molar-refractivity contribution is -0.117. The zero-order valence-corrected chi connectivity index (χ0v) is 16.8. The van der Waals surface area contributed by atoms with Gasteiger partial charge in [-0.3, -0.25) is 4.79 Å². The minimum Gasteiger partial charge on any atom is -0.496 e. The van der Waals surface area contributed by atoms with Crippen molar-refractivity contribution in [3.05, 3.63) is 64.2 Å². The Bertz CT molecular complexity index is 890. The normalized spacial score (nSPS) is 10.9. The first-order valence-electron chi connectivity index (χ1n) is 9.26. The number of carbonyl (C=O) groups is 1. The molecule has 0 aromatic heterocycles. The highest BCUT2D eigenvalue weighted by Gasteiger charge is 2.11. The van der Waals surface area contributed by atoms with E-state index < -0.39 is 0 Å². The van der Waals surface area contributed by atoms with Gasteiger partial charge in [0.05, 0.1) is 7.11 Å². The Morgan fingerprint density at radius 1 is 1.21 bits per heavy atom. The van der Waals surface area contributed by atoms with Gasteiger partial charge in [0.25, 0.3) is 5.91 Å². The molecule has 2 aromatic carbocycles. The lowest BCUT2D eigenvalue weighted by atomic mass is 10.1. The van der Waals surface area contributed by atoms with E-state index in [2.05, 4.69) is 5.32 Å². The average Bonchev–Trinajstić information content (AvgIpc) is 2.70. The van der Waals surface area contributed by atoms with Gasteiger partial charge < -0.3 is 14.8 Å². The molecule has 0 aliphatic carbocycles. The SMILES string of the molecule is CCCNC(=O)C(C#N)=Cc1ccc(OC)c(COc2c(C)cccc2C)c1. The Balaban J connectivity index is 2.27. The fourth-order valence-electron chi connectivity index (χ4n) is 2.83. The quantitative estimate of drug-likeness (QED) is 0.548. The molecule has 0 unspecified atom stereocenters. The molecule has 0 aliphatic rings. The third-order valence-electron chi connectivity index (χ3n) is 4.30. The van der Waals surface area contributed by atoms with E-state index in [9.17, 15) is 10.1 Å². The number of hydrogen-bond acceptors (Lipinski definition) is 4. The molecule has 0 bridgehead atoms. The van der Waals surface area contributed by atoms with Crippen molar-refractivity contribution in [3.8, 4) is 17.6 Å². The zero-order chi connectivity index (χ0) is 20.5. The molecule has 0 heterocycles. The molecule has 0 spiro atoms. The van der Waals surface area contributed by atoms with E-state index in [1.807, 2.05) is 63.2 Å². The van der Waals surface area contributed by atoms with Gasteiger partial charge in [-0.05, 0) is 55.2 Å². The number of benzene rings is 2. The summed E-state index contributed by atoms with van der Waals surface area (Å²) in [5.41, 5.74) is 3.78. The highest BCUT2D eigenvalue weighted by Crippen LogP contribution is 2.27. The molecule has 0 radical (unpaired) electrons. The molecule has 0 aliphatic heterocycles. The number of aryl methyl sites for hydroxylation is 2. The first-order valence-corrected chi connectivity index (χ1v) is 9.26. The van der Waals surface area contributed by atoms with Crippen LogP contribution in [0.25, 0.3) is 6.08 Å². The van der Waals surface area contributed by atoms with Gasteiger partial charge in [0, 0.05) is 12.1 Å². The van der Waals surface area contributed by atoms with Gasteiger partial charge in [-0.1, -0.05) is 31.2 Å².